The Morgan fingerprint density at radius 3 is 2.71 bits per heavy atom. The Labute approximate surface area is 119 Å². The molecule has 21 heavy (non-hydrogen) atoms. The van der Waals surface area contributed by atoms with Gasteiger partial charge in [0.05, 0.1) is 11.3 Å². The third-order valence-electron chi connectivity index (χ3n) is 2.64. The molecule has 0 aliphatic heterocycles. The predicted octanol–water partition coefficient (Wildman–Crippen LogP) is 2.24. The molecule has 0 atom stereocenters. The summed E-state index contributed by atoms with van der Waals surface area (Å²) in [5.74, 6) is -2.05. The lowest BCUT2D eigenvalue weighted by Gasteiger charge is -2.08. The van der Waals surface area contributed by atoms with Gasteiger partial charge in [-0.1, -0.05) is 6.07 Å². The van der Waals surface area contributed by atoms with Crippen molar-refractivity contribution in [1.82, 2.24) is 10.3 Å². The summed E-state index contributed by atoms with van der Waals surface area (Å²) in [4.78, 5) is 26.2. The number of hydrogen-bond donors (Lipinski definition) is 3. The fourth-order valence-electron chi connectivity index (χ4n) is 1.60. The van der Waals surface area contributed by atoms with Crippen LogP contribution < -0.4 is 10.6 Å². The molecule has 0 radical (unpaired) electrons. The van der Waals surface area contributed by atoms with Crippen molar-refractivity contribution in [2.45, 2.75) is 6.54 Å². The Hall–Kier alpha value is -2.96. The SMILES string of the molecule is O=C(NCc1cccnc1)Nc1ccc(C(=O)O)cc1F. The van der Waals surface area contributed by atoms with E-state index in [2.05, 4.69) is 15.6 Å². The number of amides is 2. The molecule has 0 spiro atoms. The van der Waals surface area contributed by atoms with Crippen LogP contribution in [-0.4, -0.2) is 22.1 Å². The van der Waals surface area contributed by atoms with E-state index in [1.807, 2.05) is 0 Å². The minimum atomic E-state index is -1.23. The number of anilines is 1. The van der Waals surface area contributed by atoms with Crippen molar-refractivity contribution >= 4 is 17.7 Å². The molecule has 108 valence electrons. The summed E-state index contributed by atoms with van der Waals surface area (Å²) >= 11 is 0. The monoisotopic (exact) mass is 289 g/mol. The minimum absolute atomic E-state index is 0.0938. The molecule has 7 heteroatoms. The second-order valence-corrected chi connectivity index (χ2v) is 4.17. The van der Waals surface area contributed by atoms with Crippen LogP contribution in [-0.2, 0) is 6.54 Å². The Morgan fingerprint density at radius 2 is 2.10 bits per heavy atom. The normalized spacial score (nSPS) is 9.95. The smallest absolute Gasteiger partial charge is 0.335 e. The van der Waals surface area contributed by atoms with E-state index >= 15 is 0 Å². The number of aromatic carboxylic acids is 1. The molecule has 0 bridgehead atoms. The summed E-state index contributed by atoms with van der Waals surface area (Å²) in [5, 5.41) is 13.6. The highest BCUT2D eigenvalue weighted by Crippen LogP contribution is 2.15. The lowest BCUT2D eigenvalue weighted by atomic mass is 10.2. The number of benzene rings is 1. The molecule has 0 unspecified atom stereocenters. The van der Waals surface area contributed by atoms with Crippen molar-refractivity contribution in [1.29, 1.82) is 0 Å². The molecule has 0 saturated heterocycles. The van der Waals surface area contributed by atoms with Gasteiger partial charge in [0.25, 0.3) is 0 Å². The minimum Gasteiger partial charge on any atom is -0.478 e. The van der Waals surface area contributed by atoms with Gasteiger partial charge in [-0.2, -0.15) is 0 Å². The van der Waals surface area contributed by atoms with E-state index in [0.29, 0.717) is 0 Å². The summed E-state index contributed by atoms with van der Waals surface area (Å²) in [6.45, 7) is 0.245. The quantitative estimate of drug-likeness (QED) is 0.805. The van der Waals surface area contributed by atoms with Crippen LogP contribution in [0.4, 0.5) is 14.9 Å². The maximum Gasteiger partial charge on any atom is 0.335 e. The van der Waals surface area contributed by atoms with Gasteiger partial charge >= 0.3 is 12.0 Å². The molecule has 0 saturated carbocycles. The van der Waals surface area contributed by atoms with Crippen LogP contribution in [0.1, 0.15) is 15.9 Å². The topological polar surface area (TPSA) is 91.3 Å². The molecule has 3 N–H and O–H groups in total. The number of carbonyl (C=O) groups is 2. The van der Waals surface area contributed by atoms with Gasteiger partial charge in [-0.05, 0) is 29.8 Å². The Bertz CT molecular complexity index is 662. The average molecular weight is 289 g/mol. The van der Waals surface area contributed by atoms with Crippen molar-refractivity contribution in [2.24, 2.45) is 0 Å². The predicted molar refractivity (Wildman–Crippen MR) is 73.5 cm³/mol. The molecular weight excluding hydrogens is 277 g/mol. The van der Waals surface area contributed by atoms with Crippen LogP contribution in [0.3, 0.4) is 0 Å². The first kappa shape index (κ1) is 14.4. The molecule has 2 rings (SSSR count). The van der Waals surface area contributed by atoms with E-state index in [-0.39, 0.29) is 17.8 Å². The number of nitrogens with one attached hydrogen (secondary N) is 2. The number of pyridine rings is 1. The maximum atomic E-state index is 13.6. The highest BCUT2D eigenvalue weighted by Gasteiger charge is 2.10. The number of carboxylic acids is 1. The second-order valence-electron chi connectivity index (χ2n) is 4.17. The second kappa shape index (κ2) is 6.47. The molecule has 1 heterocycles. The fraction of sp³-hybridized carbons (Fsp3) is 0.0714. The van der Waals surface area contributed by atoms with Gasteiger partial charge in [-0.25, -0.2) is 14.0 Å². The molecule has 1 aromatic carbocycles. The highest BCUT2D eigenvalue weighted by molar-refractivity contribution is 5.91. The summed E-state index contributed by atoms with van der Waals surface area (Å²) < 4.78 is 13.6. The molecule has 1 aromatic heterocycles. The van der Waals surface area contributed by atoms with Gasteiger partial charge in [0, 0.05) is 18.9 Å². The van der Waals surface area contributed by atoms with Crippen LogP contribution in [0.15, 0.2) is 42.7 Å². The van der Waals surface area contributed by atoms with Crippen LogP contribution in [0.25, 0.3) is 0 Å². The highest BCUT2D eigenvalue weighted by atomic mass is 19.1. The number of carbonyl (C=O) groups excluding carboxylic acids is 1. The van der Waals surface area contributed by atoms with Gasteiger partial charge in [0.2, 0.25) is 0 Å². The zero-order valence-corrected chi connectivity index (χ0v) is 10.8. The van der Waals surface area contributed by atoms with Crippen LogP contribution >= 0.6 is 0 Å². The van der Waals surface area contributed by atoms with E-state index in [1.165, 1.54) is 12.1 Å². The first-order chi connectivity index (χ1) is 10.1. The van der Waals surface area contributed by atoms with Crippen LogP contribution in [0.2, 0.25) is 0 Å². The number of rotatable bonds is 4. The third-order valence-corrected chi connectivity index (χ3v) is 2.64. The van der Waals surface area contributed by atoms with Crippen LogP contribution in [0.5, 0.6) is 0 Å². The van der Waals surface area contributed by atoms with E-state index in [4.69, 9.17) is 5.11 Å². The van der Waals surface area contributed by atoms with E-state index < -0.39 is 17.8 Å². The Kier molecular flexibility index (Phi) is 4.45. The van der Waals surface area contributed by atoms with Gasteiger partial charge in [-0.3, -0.25) is 4.98 Å². The number of urea groups is 1. The molecular formula is C14H12FN3O3. The standard InChI is InChI=1S/C14H12FN3O3/c15-11-6-10(13(19)20)3-4-12(11)18-14(21)17-8-9-2-1-5-16-7-9/h1-7H,8H2,(H,19,20)(H2,17,18,21). The van der Waals surface area contributed by atoms with Crippen molar-refractivity contribution in [3.63, 3.8) is 0 Å². The summed E-state index contributed by atoms with van der Waals surface area (Å²) in [6.07, 6.45) is 3.21. The molecule has 2 amide bonds. The fourth-order valence-corrected chi connectivity index (χ4v) is 1.60. The average Bonchev–Trinajstić information content (AvgIpc) is 2.48. The van der Waals surface area contributed by atoms with Crippen molar-refractivity contribution in [2.75, 3.05) is 5.32 Å². The van der Waals surface area contributed by atoms with Gasteiger partial charge in [0.1, 0.15) is 5.82 Å². The molecule has 2 aromatic rings. The zero-order valence-electron chi connectivity index (χ0n) is 10.8. The van der Waals surface area contributed by atoms with Crippen molar-refractivity contribution in [3.05, 3.63) is 59.7 Å². The Morgan fingerprint density at radius 1 is 1.29 bits per heavy atom. The maximum absolute atomic E-state index is 13.6. The molecule has 6 nitrogen and oxygen atoms in total. The van der Waals surface area contributed by atoms with Crippen molar-refractivity contribution < 1.29 is 19.1 Å². The van der Waals surface area contributed by atoms with Gasteiger partial charge in [-0.15, -0.1) is 0 Å². The van der Waals surface area contributed by atoms with Crippen molar-refractivity contribution in [3.8, 4) is 0 Å². The lowest BCUT2D eigenvalue weighted by Crippen LogP contribution is -2.28. The number of aromatic nitrogens is 1. The summed E-state index contributed by atoms with van der Waals surface area (Å²) in [6, 6.07) is 6.18. The number of carboxylic acid groups (broad SMARTS) is 1. The van der Waals surface area contributed by atoms with Gasteiger partial charge in [0.15, 0.2) is 0 Å². The number of hydrogen-bond acceptors (Lipinski definition) is 3. The summed E-state index contributed by atoms with van der Waals surface area (Å²) in [5.41, 5.74) is 0.520. The van der Waals surface area contributed by atoms with E-state index in [0.717, 1.165) is 11.6 Å². The van der Waals surface area contributed by atoms with Crippen LogP contribution in [0, 0.1) is 5.82 Å². The lowest BCUT2D eigenvalue weighted by molar-refractivity contribution is 0.0696. The third kappa shape index (κ3) is 4.00. The number of halogens is 1. The number of nitrogens with zero attached hydrogens (tertiary/aromatic N) is 1. The first-order valence-electron chi connectivity index (χ1n) is 6.03. The molecule has 0 aliphatic rings. The van der Waals surface area contributed by atoms with Gasteiger partial charge < -0.3 is 15.7 Å². The van der Waals surface area contributed by atoms with E-state index in [1.54, 1.807) is 24.5 Å². The first-order valence-corrected chi connectivity index (χ1v) is 6.03. The summed E-state index contributed by atoms with van der Waals surface area (Å²) in [7, 11) is 0. The zero-order chi connectivity index (χ0) is 15.2. The molecule has 0 aliphatic carbocycles. The Balaban J connectivity index is 1.95. The van der Waals surface area contributed by atoms with E-state index in [9.17, 15) is 14.0 Å². The molecule has 0 fully saturated rings. The largest absolute Gasteiger partial charge is 0.478 e.